The molecule has 0 radical (unpaired) electrons. The number of thiazole rings is 1. The maximum absolute atomic E-state index is 13.1. The number of hydrogen-bond donors (Lipinski definition) is 1. The minimum absolute atomic E-state index is 0.00725. The third-order valence-electron chi connectivity index (χ3n) is 4.97. The predicted molar refractivity (Wildman–Crippen MR) is 107 cm³/mol. The largest absolute Gasteiger partial charge is 0.340 e. The molecule has 0 aliphatic carbocycles. The molecule has 1 aliphatic heterocycles. The molecule has 1 fully saturated rings. The number of carbonyl (C=O) groups is 1. The average Bonchev–Trinajstić information content (AvgIpc) is 3.46. The molecule has 2 aromatic heterocycles. The van der Waals surface area contributed by atoms with Gasteiger partial charge >= 0.3 is 0 Å². The summed E-state index contributed by atoms with van der Waals surface area (Å²) in [7, 11) is 0. The Morgan fingerprint density at radius 1 is 1.11 bits per heavy atom. The first-order valence-corrected chi connectivity index (χ1v) is 9.88. The zero-order valence-corrected chi connectivity index (χ0v) is 15.4. The molecular formula is C21H18N4OS. The van der Waals surface area contributed by atoms with Crippen molar-refractivity contribution >= 4 is 28.3 Å². The maximum atomic E-state index is 13.1. The molecule has 2 aromatic carbocycles. The molecule has 1 atom stereocenters. The number of para-hydroxylation sites is 2. The summed E-state index contributed by atoms with van der Waals surface area (Å²) in [5.41, 5.74) is 2.99. The van der Waals surface area contributed by atoms with Crippen LogP contribution in [0, 0.1) is 0 Å². The van der Waals surface area contributed by atoms with E-state index < -0.39 is 0 Å². The van der Waals surface area contributed by atoms with Gasteiger partial charge in [-0.05, 0) is 25.0 Å². The van der Waals surface area contributed by atoms with Gasteiger partial charge in [-0.2, -0.15) is 0 Å². The first kappa shape index (κ1) is 16.2. The van der Waals surface area contributed by atoms with Crippen molar-refractivity contribution in [3.8, 4) is 10.6 Å². The molecule has 1 N–H and O–H groups in total. The molecule has 5 nitrogen and oxygen atoms in total. The number of imidazole rings is 1. The molecule has 1 unspecified atom stereocenters. The molecule has 134 valence electrons. The first-order valence-electron chi connectivity index (χ1n) is 9.06. The number of likely N-dealkylation sites (tertiary alicyclic amines) is 1. The van der Waals surface area contributed by atoms with E-state index in [9.17, 15) is 4.79 Å². The van der Waals surface area contributed by atoms with Crippen LogP contribution < -0.4 is 0 Å². The molecule has 27 heavy (non-hydrogen) atoms. The second-order valence-corrected chi connectivity index (χ2v) is 7.72. The zero-order chi connectivity index (χ0) is 18.2. The van der Waals surface area contributed by atoms with Crippen molar-refractivity contribution in [3.05, 3.63) is 71.5 Å². The smallest absolute Gasteiger partial charge is 0.266 e. The van der Waals surface area contributed by atoms with Crippen LogP contribution in [0.3, 0.4) is 0 Å². The number of aromatic nitrogens is 3. The lowest BCUT2D eigenvalue weighted by atomic mass is 10.2. The Balaban J connectivity index is 1.43. The Kier molecular flexibility index (Phi) is 3.98. The van der Waals surface area contributed by atoms with Crippen LogP contribution >= 0.6 is 11.3 Å². The van der Waals surface area contributed by atoms with Crippen molar-refractivity contribution < 1.29 is 4.79 Å². The van der Waals surface area contributed by atoms with Crippen molar-refractivity contribution in [2.24, 2.45) is 0 Å². The number of fused-ring (bicyclic) bond motifs is 1. The molecule has 1 amide bonds. The lowest BCUT2D eigenvalue weighted by molar-refractivity contribution is 0.0735. The van der Waals surface area contributed by atoms with E-state index in [4.69, 9.17) is 4.98 Å². The highest BCUT2D eigenvalue weighted by Crippen LogP contribution is 2.34. The normalized spacial score (nSPS) is 16.9. The molecule has 0 bridgehead atoms. The highest BCUT2D eigenvalue weighted by atomic mass is 32.1. The van der Waals surface area contributed by atoms with E-state index >= 15 is 0 Å². The van der Waals surface area contributed by atoms with Crippen LogP contribution in [0.5, 0.6) is 0 Å². The SMILES string of the molecule is O=C(c1cnc(-c2ccccc2)s1)N1CCCC1c1nc2ccccc2[nH]1. The van der Waals surface area contributed by atoms with Gasteiger partial charge in [-0.3, -0.25) is 4.79 Å². The Bertz CT molecular complexity index is 1070. The summed E-state index contributed by atoms with van der Waals surface area (Å²) in [4.78, 5) is 28.3. The fraction of sp³-hybridized carbons (Fsp3) is 0.190. The van der Waals surface area contributed by atoms with Gasteiger partial charge in [-0.15, -0.1) is 11.3 Å². The summed E-state index contributed by atoms with van der Waals surface area (Å²) in [6, 6.07) is 17.9. The summed E-state index contributed by atoms with van der Waals surface area (Å²) < 4.78 is 0. The van der Waals surface area contributed by atoms with E-state index in [2.05, 4.69) is 9.97 Å². The molecule has 3 heterocycles. The van der Waals surface area contributed by atoms with Crippen LogP contribution in [0.4, 0.5) is 0 Å². The van der Waals surface area contributed by atoms with Gasteiger partial charge in [0.25, 0.3) is 5.91 Å². The third-order valence-corrected chi connectivity index (χ3v) is 6.01. The number of nitrogens with zero attached hydrogens (tertiary/aromatic N) is 3. The zero-order valence-electron chi connectivity index (χ0n) is 14.6. The molecule has 5 rings (SSSR count). The highest BCUT2D eigenvalue weighted by Gasteiger charge is 2.33. The summed E-state index contributed by atoms with van der Waals surface area (Å²) in [5.74, 6) is 0.910. The van der Waals surface area contributed by atoms with E-state index in [1.807, 2.05) is 59.5 Å². The molecule has 6 heteroatoms. The van der Waals surface area contributed by atoms with Gasteiger partial charge in [0.15, 0.2) is 0 Å². The molecule has 1 saturated heterocycles. The predicted octanol–water partition coefficient (Wildman–Crippen LogP) is 4.66. The topological polar surface area (TPSA) is 61.9 Å². The van der Waals surface area contributed by atoms with Crippen molar-refractivity contribution in [1.82, 2.24) is 19.9 Å². The monoisotopic (exact) mass is 374 g/mol. The van der Waals surface area contributed by atoms with Crippen LogP contribution in [0.25, 0.3) is 21.6 Å². The third kappa shape index (κ3) is 2.92. The number of carbonyl (C=O) groups excluding carboxylic acids is 1. The van der Waals surface area contributed by atoms with Gasteiger partial charge in [0.2, 0.25) is 0 Å². The van der Waals surface area contributed by atoms with Crippen LogP contribution in [-0.2, 0) is 0 Å². The van der Waals surface area contributed by atoms with Crippen molar-refractivity contribution in [3.63, 3.8) is 0 Å². The van der Waals surface area contributed by atoms with Crippen molar-refractivity contribution in [2.75, 3.05) is 6.54 Å². The average molecular weight is 374 g/mol. The fourth-order valence-corrected chi connectivity index (χ4v) is 4.53. The van der Waals surface area contributed by atoms with E-state index in [-0.39, 0.29) is 11.9 Å². The Labute approximate surface area is 160 Å². The Morgan fingerprint density at radius 2 is 1.93 bits per heavy atom. The summed E-state index contributed by atoms with van der Waals surface area (Å²) in [6.45, 7) is 0.749. The van der Waals surface area contributed by atoms with E-state index in [1.165, 1.54) is 11.3 Å². The van der Waals surface area contributed by atoms with E-state index in [0.717, 1.165) is 46.8 Å². The maximum Gasteiger partial charge on any atom is 0.266 e. The number of benzene rings is 2. The van der Waals surface area contributed by atoms with Gasteiger partial charge in [0.05, 0.1) is 23.3 Å². The summed E-state index contributed by atoms with van der Waals surface area (Å²) in [6.07, 6.45) is 3.61. The molecule has 0 saturated carbocycles. The lowest BCUT2D eigenvalue weighted by Gasteiger charge is -2.22. The van der Waals surface area contributed by atoms with Crippen LogP contribution in [0.2, 0.25) is 0 Å². The summed E-state index contributed by atoms with van der Waals surface area (Å²) >= 11 is 1.45. The van der Waals surface area contributed by atoms with Gasteiger partial charge in [-0.1, -0.05) is 42.5 Å². The highest BCUT2D eigenvalue weighted by molar-refractivity contribution is 7.16. The number of rotatable bonds is 3. The van der Waals surface area contributed by atoms with Gasteiger partial charge in [0, 0.05) is 12.1 Å². The van der Waals surface area contributed by atoms with E-state index in [1.54, 1.807) is 6.20 Å². The number of amides is 1. The number of aromatic amines is 1. The van der Waals surface area contributed by atoms with Crippen molar-refractivity contribution in [2.45, 2.75) is 18.9 Å². The Hall–Kier alpha value is -2.99. The molecule has 1 aliphatic rings. The number of nitrogens with one attached hydrogen (secondary N) is 1. The minimum atomic E-state index is -0.00725. The van der Waals surface area contributed by atoms with Gasteiger partial charge in [-0.25, -0.2) is 9.97 Å². The standard InChI is InChI=1S/C21H18N4OS/c26-21(18-13-22-20(27-18)14-7-2-1-3-8-14)25-12-6-11-17(25)19-23-15-9-4-5-10-16(15)24-19/h1-5,7-10,13,17H,6,11-12H2,(H,23,24). The first-order chi connectivity index (χ1) is 13.3. The van der Waals surface area contributed by atoms with Crippen LogP contribution in [0.1, 0.15) is 34.4 Å². The molecule has 0 spiro atoms. The van der Waals surface area contributed by atoms with Gasteiger partial charge in [0.1, 0.15) is 15.7 Å². The second-order valence-electron chi connectivity index (χ2n) is 6.69. The lowest BCUT2D eigenvalue weighted by Crippen LogP contribution is -2.30. The Morgan fingerprint density at radius 3 is 2.78 bits per heavy atom. The molecular weight excluding hydrogens is 356 g/mol. The second kappa shape index (κ2) is 6.63. The van der Waals surface area contributed by atoms with Crippen LogP contribution in [-0.4, -0.2) is 32.3 Å². The summed E-state index contributed by atoms with van der Waals surface area (Å²) in [5, 5.41) is 0.874. The number of H-pyrrole nitrogens is 1. The number of hydrogen-bond acceptors (Lipinski definition) is 4. The fourth-order valence-electron chi connectivity index (χ4n) is 3.65. The molecule has 4 aromatic rings. The minimum Gasteiger partial charge on any atom is -0.340 e. The van der Waals surface area contributed by atoms with E-state index in [0.29, 0.717) is 4.88 Å². The van der Waals surface area contributed by atoms with Crippen LogP contribution in [0.15, 0.2) is 60.8 Å². The van der Waals surface area contributed by atoms with Gasteiger partial charge < -0.3 is 9.88 Å². The quantitative estimate of drug-likeness (QED) is 0.567. The van der Waals surface area contributed by atoms with Crippen molar-refractivity contribution in [1.29, 1.82) is 0 Å².